The molecule has 1 atom stereocenters. The molecule has 0 aliphatic carbocycles. The number of rotatable bonds is 5. The Labute approximate surface area is 222 Å². The molecule has 2 aromatic carbocycles. The fraction of sp³-hybridized carbons (Fsp3) is 0.400. The first kappa shape index (κ1) is 25.3. The Morgan fingerprint density at radius 2 is 2.06 bits per heavy atom. The van der Waals surface area contributed by atoms with E-state index in [0.717, 1.165) is 21.3 Å². The number of piperidine rings is 1. The number of halogens is 1. The Balaban J connectivity index is 1.36. The molecule has 0 bridgehead atoms. The lowest BCUT2D eigenvalue weighted by Crippen LogP contribution is -2.43. The van der Waals surface area contributed by atoms with Crippen molar-refractivity contribution in [3.05, 3.63) is 45.9 Å². The normalized spacial score (nSPS) is 18.4. The number of nitrogens with zero attached hydrogens (tertiary/aromatic N) is 3. The predicted octanol–water partition coefficient (Wildman–Crippen LogP) is 4.71. The van der Waals surface area contributed by atoms with Crippen LogP contribution in [0.4, 0.5) is 10.8 Å². The predicted molar refractivity (Wildman–Crippen MR) is 145 cm³/mol. The fourth-order valence-corrected chi connectivity index (χ4v) is 8.44. The summed E-state index contributed by atoms with van der Waals surface area (Å²) in [4.78, 5) is 31.8. The second kappa shape index (κ2) is 9.85. The van der Waals surface area contributed by atoms with E-state index in [4.69, 9.17) is 0 Å². The number of anilines is 2. The number of carbonyl (C=O) groups excluding carboxylic acids is 2. The molecule has 0 unspecified atom stereocenters. The summed E-state index contributed by atoms with van der Waals surface area (Å²) in [5.41, 5.74) is 3.51. The summed E-state index contributed by atoms with van der Waals surface area (Å²) in [5.74, 6) is -0.730. The molecule has 3 aromatic rings. The van der Waals surface area contributed by atoms with Gasteiger partial charge < -0.3 is 10.2 Å². The van der Waals surface area contributed by atoms with Gasteiger partial charge >= 0.3 is 0 Å². The van der Waals surface area contributed by atoms with Crippen LogP contribution in [0.3, 0.4) is 0 Å². The number of nitrogens with one attached hydrogen (secondary N) is 1. The summed E-state index contributed by atoms with van der Waals surface area (Å²) in [7, 11) is -3.88. The van der Waals surface area contributed by atoms with Gasteiger partial charge in [-0.1, -0.05) is 30.4 Å². The molecule has 0 radical (unpaired) electrons. The van der Waals surface area contributed by atoms with Gasteiger partial charge in [-0.25, -0.2) is 13.4 Å². The number of hydrogen-bond donors (Lipinski definition) is 1. The molecule has 8 nitrogen and oxygen atoms in total. The van der Waals surface area contributed by atoms with Crippen LogP contribution in [0.25, 0.3) is 10.2 Å². The Kier molecular flexibility index (Phi) is 6.92. The lowest BCUT2D eigenvalue weighted by atomic mass is 9.99. The van der Waals surface area contributed by atoms with Crippen molar-refractivity contribution in [3.63, 3.8) is 0 Å². The summed E-state index contributed by atoms with van der Waals surface area (Å²) < 4.78 is 30.2. The molecule has 2 aliphatic rings. The topological polar surface area (TPSA) is 99.7 Å². The van der Waals surface area contributed by atoms with Gasteiger partial charge in [0.25, 0.3) is 0 Å². The molecule has 2 aliphatic heterocycles. The summed E-state index contributed by atoms with van der Waals surface area (Å²) in [5, 5.41) is 3.42. The van der Waals surface area contributed by atoms with Crippen molar-refractivity contribution >= 4 is 70.1 Å². The highest BCUT2D eigenvalue weighted by Gasteiger charge is 2.36. The van der Waals surface area contributed by atoms with Crippen molar-refractivity contribution in [2.24, 2.45) is 5.92 Å². The molecule has 11 heteroatoms. The Morgan fingerprint density at radius 3 is 2.81 bits per heavy atom. The van der Waals surface area contributed by atoms with E-state index in [9.17, 15) is 18.0 Å². The second-order valence-corrected chi connectivity index (χ2v) is 13.0. The van der Waals surface area contributed by atoms with Crippen LogP contribution in [0.5, 0.6) is 0 Å². The zero-order chi connectivity index (χ0) is 25.6. The molecule has 5 rings (SSSR count). The first-order chi connectivity index (χ1) is 17.2. The van der Waals surface area contributed by atoms with Gasteiger partial charge in [0.05, 0.1) is 21.0 Å². The Morgan fingerprint density at radius 1 is 1.25 bits per heavy atom. The van der Waals surface area contributed by atoms with Gasteiger partial charge in [-0.05, 0) is 71.4 Å². The highest BCUT2D eigenvalue weighted by molar-refractivity contribution is 9.10. The third-order valence-electron chi connectivity index (χ3n) is 6.86. The van der Waals surface area contributed by atoms with Gasteiger partial charge in [-0.3, -0.25) is 9.59 Å². The van der Waals surface area contributed by atoms with Crippen molar-refractivity contribution in [2.75, 3.05) is 29.9 Å². The zero-order valence-corrected chi connectivity index (χ0v) is 23.3. The van der Waals surface area contributed by atoms with E-state index in [1.165, 1.54) is 15.6 Å². The maximum absolute atomic E-state index is 13.7. The number of sulfonamides is 1. The van der Waals surface area contributed by atoms with Crippen LogP contribution < -0.4 is 10.2 Å². The molecule has 0 saturated carbocycles. The number of fused-ring (bicyclic) bond motifs is 2. The van der Waals surface area contributed by atoms with Crippen molar-refractivity contribution in [1.29, 1.82) is 0 Å². The molecule has 190 valence electrons. The quantitative estimate of drug-likeness (QED) is 0.464. The lowest BCUT2D eigenvalue weighted by Gasteiger charge is -2.31. The Hall–Kier alpha value is -2.34. The number of carbonyl (C=O) groups is 2. The van der Waals surface area contributed by atoms with Crippen LogP contribution in [0, 0.1) is 12.8 Å². The molecular weight excluding hydrogens is 564 g/mol. The van der Waals surface area contributed by atoms with Crippen LogP contribution >= 0.6 is 27.3 Å². The van der Waals surface area contributed by atoms with E-state index >= 15 is 0 Å². The number of aryl methyl sites for hydroxylation is 1. The zero-order valence-electron chi connectivity index (χ0n) is 20.1. The van der Waals surface area contributed by atoms with Crippen LogP contribution in [-0.2, 0) is 26.0 Å². The van der Waals surface area contributed by atoms with Gasteiger partial charge in [-0.15, -0.1) is 0 Å². The minimum Gasteiger partial charge on any atom is -0.312 e. The van der Waals surface area contributed by atoms with E-state index in [1.807, 2.05) is 25.1 Å². The fourth-order valence-electron chi connectivity index (χ4n) is 4.90. The molecule has 1 fully saturated rings. The number of thiazole rings is 1. The second-order valence-electron chi connectivity index (χ2n) is 9.19. The van der Waals surface area contributed by atoms with E-state index in [0.29, 0.717) is 54.1 Å². The van der Waals surface area contributed by atoms with Gasteiger partial charge in [0.15, 0.2) is 5.13 Å². The summed E-state index contributed by atoms with van der Waals surface area (Å²) in [6.45, 7) is 4.76. The number of hydrogen-bond acceptors (Lipinski definition) is 6. The number of benzene rings is 2. The van der Waals surface area contributed by atoms with Crippen molar-refractivity contribution < 1.29 is 18.0 Å². The van der Waals surface area contributed by atoms with Gasteiger partial charge in [0.1, 0.15) is 0 Å². The number of amides is 2. The molecule has 1 N–H and O–H groups in total. The molecule has 3 heterocycles. The molecule has 1 saturated heterocycles. The molecular formula is C25H27BrN4O4S2. The van der Waals surface area contributed by atoms with Crippen LogP contribution in [0.1, 0.15) is 37.3 Å². The first-order valence-corrected chi connectivity index (χ1v) is 15.0. The van der Waals surface area contributed by atoms with Crippen LogP contribution in [0.2, 0.25) is 0 Å². The summed E-state index contributed by atoms with van der Waals surface area (Å²) in [6.07, 6.45) is 2.23. The molecule has 36 heavy (non-hydrogen) atoms. The minimum absolute atomic E-state index is 0.0285. The van der Waals surface area contributed by atoms with Crippen LogP contribution in [-0.4, -0.2) is 49.2 Å². The molecule has 0 spiro atoms. The molecule has 2 amide bonds. The monoisotopic (exact) mass is 590 g/mol. The molecule has 1 aromatic heterocycles. The van der Waals surface area contributed by atoms with Gasteiger partial charge in [0, 0.05) is 36.2 Å². The Bertz CT molecular complexity index is 1470. The number of aromatic nitrogens is 1. The van der Waals surface area contributed by atoms with Gasteiger partial charge in [-0.2, -0.15) is 4.31 Å². The van der Waals surface area contributed by atoms with E-state index in [2.05, 4.69) is 26.2 Å². The maximum atomic E-state index is 13.7. The summed E-state index contributed by atoms with van der Waals surface area (Å²) >= 11 is 4.85. The summed E-state index contributed by atoms with van der Waals surface area (Å²) in [6, 6.07) is 9.30. The maximum Gasteiger partial charge on any atom is 0.244 e. The number of para-hydroxylation sites is 1. The van der Waals surface area contributed by atoms with Crippen molar-refractivity contribution in [1.82, 2.24) is 9.29 Å². The van der Waals surface area contributed by atoms with Gasteiger partial charge in [0.2, 0.25) is 21.8 Å². The standard InChI is InChI=1S/C25H27BrN4O4S2/c1-3-22(31)30-11-9-16-12-18(26)21(13-19(16)30)36(33,34)29-10-5-7-17(14-29)24(32)28-25-27-23-15(2)6-4-8-20(23)35-25/h4,6,8,12-13,17H,3,5,7,9-11,14H2,1-2H3,(H,27,28,32)/t17-/m1/s1. The van der Waals surface area contributed by atoms with E-state index in [1.54, 1.807) is 24.0 Å². The van der Waals surface area contributed by atoms with Crippen molar-refractivity contribution in [2.45, 2.75) is 44.4 Å². The van der Waals surface area contributed by atoms with E-state index < -0.39 is 15.9 Å². The van der Waals surface area contributed by atoms with E-state index in [-0.39, 0.29) is 23.3 Å². The lowest BCUT2D eigenvalue weighted by molar-refractivity contribution is -0.121. The minimum atomic E-state index is -3.88. The average molecular weight is 592 g/mol. The van der Waals surface area contributed by atoms with Crippen LogP contribution in [0.15, 0.2) is 39.7 Å². The largest absolute Gasteiger partial charge is 0.312 e. The van der Waals surface area contributed by atoms with Crippen molar-refractivity contribution in [3.8, 4) is 0 Å². The smallest absolute Gasteiger partial charge is 0.244 e. The highest BCUT2D eigenvalue weighted by Crippen LogP contribution is 2.38. The third-order valence-corrected chi connectivity index (χ3v) is 10.6. The highest BCUT2D eigenvalue weighted by atomic mass is 79.9. The third kappa shape index (κ3) is 4.57. The average Bonchev–Trinajstić information content (AvgIpc) is 3.47. The first-order valence-electron chi connectivity index (χ1n) is 12.0. The SMILES string of the molecule is CCC(=O)N1CCc2cc(Br)c(S(=O)(=O)N3CCC[C@@H](C(=O)Nc4nc5c(C)cccc5s4)C3)cc21.